The topological polar surface area (TPSA) is 41.1 Å². The number of amides is 1. The summed E-state index contributed by atoms with van der Waals surface area (Å²) in [6.07, 6.45) is 1.66. The highest BCUT2D eigenvalue weighted by atomic mass is 127. The van der Waals surface area contributed by atoms with E-state index < -0.39 is 0 Å². The molecule has 0 saturated carbocycles. The molecule has 1 aromatic carbocycles. The van der Waals surface area contributed by atoms with Gasteiger partial charge in [-0.1, -0.05) is 6.08 Å². The van der Waals surface area contributed by atoms with Gasteiger partial charge in [0.1, 0.15) is 6.04 Å². The summed E-state index contributed by atoms with van der Waals surface area (Å²) < 4.78 is 2.09. The van der Waals surface area contributed by atoms with Crippen LogP contribution in [0.15, 0.2) is 35.3 Å². The summed E-state index contributed by atoms with van der Waals surface area (Å²) in [7, 11) is 0. The number of halogens is 2. The Bertz CT molecular complexity index is 423. The van der Waals surface area contributed by atoms with Crippen LogP contribution < -0.4 is 10.6 Å². The second-order valence-electron chi connectivity index (χ2n) is 3.52. The first-order valence-electron chi connectivity index (χ1n) is 5.14. The van der Waals surface area contributed by atoms with Crippen LogP contribution in [-0.4, -0.2) is 18.5 Å². The minimum Gasteiger partial charge on any atom is -0.373 e. The Balaban J connectivity index is 2.64. The Hall–Kier alpha value is -0.560. The van der Waals surface area contributed by atoms with Crippen molar-refractivity contribution in [3.05, 3.63) is 38.9 Å². The third-order valence-corrected chi connectivity index (χ3v) is 3.44. The number of hydrogen-bond acceptors (Lipinski definition) is 2. The van der Waals surface area contributed by atoms with E-state index in [1.165, 1.54) is 0 Å². The van der Waals surface area contributed by atoms with Gasteiger partial charge in [-0.3, -0.25) is 4.79 Å². The van der Waals surface area contributed by atoms with Crippen molar-refractivity contribution in [2.24, 2.45) is 0 Å². The summed E-state index contributed by atoms with van der Waals surface area (Å²) in [5.74, 6) is -0.0460. The molecule has 1 aromatic rings. The third kappa shape index (κ3) is 4.67. The molecule has 0 spiro atoms. The first kappa shape index (κ1) is 14.5. The van der Waals surface area contributed by atoms with Gasteiger partial charge in [-0.05, 0) is 63.6 Å². The molecule has 0 aliphatic rings. The molecular weight excluding hydrogens is 395 g/mol. The molecule has 3 nitrogen and oxygen atoms in total. The lowest BCUT2D eigenvalue weighted by Gasteiger charge is -2.15. The number of hydrogen-bond donors (Lipinski definition) is 2. The fourth-order valence-corrected chi connectivity index (χ4v) is 2.64. The van der Waals surface area contributed by atoms with Crippen molar-refractivity contribution in [3.63, 3.8) is 0 Å². The van der Waals surface area contributed by atoms with Crippen molar-refractivity contribution in [1.29, 1.82) is 0 Å². The van der Waals surface area contributed by atoms with Gasteiger partial charge in [0, 0.05) is 20.3 Å². The Morgan fingerprint density at radius 1 is 1.65 bits per heavy atom. The second kappa shape index (κ2) is 7.00. The average molecular weight is 409 g/mol. The fraction of sp³-hybridized carbons (Fsp3) is 0.250. The van der Waals surface area contributed by atoms with E-state index >= 15 is 0 Å². The lowest BCUT2D eigenvalue weighted by atomic mass is 10.2. The fourth-order valence-electron chi connectivity index (χ4n) is 1.23. The number of rotatable bonds is 5. The molecule has 0 saturated heterocycles. The molecule has 2 N–H and O–H groups in total. The van der Waals surface area contributed by atoms with Crippen molar-refractivity contribution in [1.82, 2.24) is 5.32 Å². The van der Waals surface area contributed by atoms with E-state index in [0.717, 1.165) is 13.7 Å². The lowest BCUT2D eigenvalue weighted by Crippen LogP contribution is -2.37. The molecule has 1 amide bonds. The minimum atomic E-state index is -0.286. The van der Waals surface area contributed by atoms with Gasteiger partial charge >= 0.3 is 0 Å². The van der Waals surface area contributed by atoms with Crippen LogP contribution in [-0.2, 0) is 4.79 Å². The third-order valence-electron chi connectivity index (χ3n) is 2.12. The molecule has 0 aromatic heterocycles. The molecule has 0 fully saturated rings. The molecule has 0 radical (unpaired) electrons. The van der Waals surface area contributed by atoms with E-state index in [4.69, 9.17) is 0 Å². The Morgan fingerprint density at radius 3 is 2.94 bits per heavy atom. The summed E-state index contributed by atoms with van der Waals surface area (Å²) in [5.41, 5.74) is 0.909. The number of nitrogens with one attached hydrogen (secondary N) is 2. The zero-order valence-electron chi connectivity index (χ0n) is 9.47. The zero-order chi connectivity index (χ0) is 12.8. The Labute approximate surface area is 123 Å². The highest BCUT2D eigenvalue weighted by molar-refractivity contribution is 14.1. The van der Waals surface area contributed by atoms with E-state index in [1.54, 1.807) is 6.08 Å². The van der Waals surface area contributed by atoms with Crippen LogP contribution in [0.4, 0.5) is 5.69 Å². The minimum absolute atomic E-state index is 0.0460. The van der Waals surface area contributed by atoms with Gasteiger partial charge in [0.2, 0.25) is 5.91 Å². The maximum atomic E-state index is 11.6. The molecule has 0 aliphatic heterocycles. The standard InChI is InChI=1S/C12H14BrIN2O/c1-3-6-15-12(17)8(2)16-11-5-4-9(14)7-10(11)13/h3-5,7-8,16H,1,6H2,2H3,(H,15,17). The molecule has 1 rings (SSSR count). The highest BCUT2D eigenvalue weighted by Gasteiger charge is 2.12. The van der Waals surface area contributed by atoms with Crippen LogP contribution in [0.25, 0.3) is 0 Å². The molecule has 1 atom stereocenters. The van der Waals surface area contributed by atoms with Crippen molar-refractivity contribution >= 4 is 50.1 Å². The van der Waals surface area contributed by atoms with Crippen molar-refractivity contribution in [2.75, 3.05) is 11.9 Å². The van der Waals surface area contributed by atoms with Gasteiger partial charge in [0.15, 0.2) is 0 Å². The average Bonchev–Trinajstić information content (AvgIpc) is 2.29. The van der Waals surface area contributed by atoms with E-state index in [0.29, 0.717) is 6.54 Å². The summed E-state index contributed by atoms with van der Waals surface area (Å²) in [6.45, 7) is 5.86. The maximum absolute atomic E-state index is 11.6. The van der Waals surface area contributed by atoms with Crippen LogP contribution in [0.5, 0.6) is 0 Å². The smallest absolute Gasteiger partial charge is 0.242 e. The van der Waals surface area contributed by atoms with E-state index in [2.05, 4.69) is 55.7 Å². The van der Waals surface area contributed by atoms with Gasteiger partial charge < -0.3 is 10.6 Å². The van der Waals surface area contributed by atoms with Gasteiger partial charge in [0.05, 0.1) is 0 Å². The molecule has 17 heavy (non-hydrogen) atoms. The largest absolute Gasteiger partial charge is 0.373 e. The summed E-state index contributed by atoms with van der Waals surface area (Å²) in [4.78, 5) is 11.6. The van der Waals surface area contributed by atoms with Gasteiger partial charge in [-0.15, -0.1) is 6.58 Å². The van der Waals surface area contributed by atoms with Crippen LogP contribution in [0.3, 0.4) is 0 Å². The van der Waals surface area contributed by atoms with E-state index in [-0.39, 0.29) is 11.9 Å². The summed E-state index contributed by atoms with van der Waals surface area (Å²) in [5, 5.41) is 5.90. The molecule has 0 bridgehead atoms. The zero-order valence-corrected chi connectivity index (χ0v) is 13.2. The Kier molecular flexibility index (Phi) is 5.97. The van der Waals surface area contributed by atoms with Gasteiger partial charge in [0.25, 0.3) is 0 Å². The SMILES string of the molecule is C=CCNC(=O)C(C)Nc1ccc(I)cc1Br. The molecular formula is C12H14BrIN2O. The van der Waals surface area contributed by atoms with Crippen LogP contribution in [0, 0.1) is 3.57 Å². The molecule has 92 valence electrons. The predicted molar refractivity (Wildman–Crippen MR) is 83.2 cm³/mol. The van der Waals surface area contributed by atoms with Crippen LogP contribution >= 0.6 is 38.5 Å². The van der Waals surface area contributed by atoms with Crippen molar-refractivity contribution < 1.29 is 4.79 Å². The summed E-state index contributed by atoms with van der Waals surface area (Å²) >= 11 is 5.70. The van der Waals surface area contributed by atoms with Gasteiger partial charge in [-0.2, -0.15) is 0 Å². The van der Waals surface area contributed by atoms with Crippen LogP contribution in [0.1, 0.15) is 6.92 Å². The first-order chi connectivity index (χ1) is 8.04. The lowest BCUT2D eigenvalue weighted by molar-refractivity contribution is -0.121. The quantitative estimate of drug-likeness (QED) is 0.580. The number of anilines is 1. The highest BCUT2D eigenvalue weighted by Crippen LogP contribution is 2.24. The summed E-state index contributed by atoms with van der Waals surface area (Å²) in [6, 6.07) is 5.65. The number of carbonyl (C=O) groups excluding carboxylic acids is 1. The Morgan fingerprint density at radius 2 is 2.35 bits per heavy atom. The van der Waals surface area contributed by atoms with Crippen LogP contribution in [0.2, 0.25) is 0 Å². The normalized spacial score (nSPS) is 11.7. The van der Waals surface area contributed by atoms with Gasteiger partial charge in [-0.25, -0.2) is 0 Å². The van der Waals surface area contributed by atoms with E-state index in [9.17, 15) is 4.79 Å². The number of benzene rings is 1. The molecule has 5 heteroatoms. The van der Waals surface area contributed by atoms with E-state index in [1.807, 2.05) is 25.1 Å². The molecule has 1 unspecified atom stereocenters. The predicted octanol–water partition coefficient (Wildman–Crippen LogP) is 3.16. The molecule has 0 aliphatic carbocycles. The second-order valence-corrected chi connectivity index (χ2v) is 5.62. The molecule has 0 heterocycles. The van der Waals surface area contributed by atoms with Crippen molar-refractivity contribution in [2.45, 2.75) is 13.0 Å². The first-order valence-corrected chi connectivity index (χ1v) is 7.02. The number of carbonyl (C=O) groups is 1. The monoisotopic (exact) mass is 408 g/mol. The maximum Gasteiger partial charge on any atom is 0.242 e. The van der Waals surface area contributed by atoms with Crippen molar-refractivity contribution in [3.8, 4) is 0 Å².